The van der Waals surface area contributed by atoms with Gasteiger partial charge in [-0.15, -0.1) is 19.7 Å². The van der Waals surface area contributed by atoms with E-state index in [-0.39, 0.29) is 52.6 Å². The standard InChI is InChI=1S/C18H18O6.C8H6O4/c1-4-7-10-11(8-5-2)14(17(21)22)15(18(23)24)12(9-6-3)13(10)16(19)20;9-7(10)5-2-1-3-6(4-5)8(11)12/h4-6H,1-3,7-9H2,(H,19,20)(H,21,22)(H,23,24);1-4H,(H,9,10)(H,11,12). The van der Waals surface area contributed by atoms with Crippen LogP contribution in [0.25, 0.3) is 0 Å². The van der Waals surface area contributed by atoms with Gasteiger partial charge in [0, 0.05) is 0 Å². The van der Waals surface area contributed by atoms with Gasteiger partial charge in [-0.1, -0.05) is 24.3 Å². The van der Waals surface area contributed by atoms with Crippen LogP contribution in [0.1, 0.15) is 68.5 Å². The predicted octanol–water partition coefficient (Wildman–Crippen LogP) is 4.05. The van der Waals surface area contributed by atoms with Gasteiger partial charge in [0.2, 0.25) is 0 Å². The van der Waals surface area contributed by atoms with E-state index in [1.807, 2.05) is 0 Å². The van der Waals surface area contributed by atoms with E-state index >= 15 is 0 Å². The zero-order valence-electron chi connectivity index (χ0n) is 19.1. The molecule has 0 amide bonds. The zero-order valence-corrected chi connectivity index (χ0v) is 19.1. The summed E-state index contributed by atoms with van der Waals surface area (Å²) >= 11 is 0. The number of benzene rings is 2. The second kappa shape index (κ2) is 13.0. The van der Waals surface area contributed by atoms with Gasteiger partial charge in [0.1, 0.15) is 0 Å². The molecule has 0 saturated carbocycles. The molecular formula is C26H24O10. The van der Waals surface area contributed by atoms with Crippen molar-refractivity contribution >= 4 is 29.8 Å². The van der Waals surface area contributed by atoms with E-state index in [0.717, 1.165) is 6.07 Å². The Bertz CT molecular complexity index is 1220. The lowest BCUT2D eigenvalue weighted by Gasteiger charge is -2.20. The first-order valence-corrected chi connectivity index (χ1v) is 10.2. The highest BCUT2D eigenvalue weighted by Crippen LogP contribution is 2.31. The van der Waals surface area contributed by atoms with Gasteiger partial charge in [0.25, 0.3) is 0 Å². The molecule has 2 aromatic rings. The summed E-state index contributed by atoms with van der Waals surface area (Å²) in [5.41, 5.74) is -0.909. The highest BCUT2D eigenvalue weighted by atomic mass is 16.4. The lowest BCUT2D eigenvalue weighted by atomic mass is 9.82. The molecule has 0 bridgehead atoms. The van der Waals surface area contributed by atoms with Gasteiger partial charge in [0.15, 0.2) is 0 Å². The first-order chi connectivity index (χ1) is 16.9. The molecular weight excluding hydrogens is 472 g/mol. The number of hydrogen-bond acceptors (Lipinski definition) is 5. The lowest BCUT2D eigenvalue weighted by molar-refractivity contribution is 0.0646. The molecule has 0 unspecified atom stereocenters. The van der Waals surface area contributed by atoms with Gasteiger partial charge in [-0.05, 0) is 54.2 Å². The van der Waals surface area contributed by atoms with Crippen LogP contribution in [-0.4, -0.2) is 55.4 Å². The number of rotatable bonds is 11. The summed E-state index contributed by atoms with van der Waals surface area (Å²) in [5.74, 6) is -6.51. The van der Waals surface area contributed by atoms with Gasteiger partial charge in [-0.25, -0.2) is 24.0 Å². The van der Waals surface area contributed by atoms with Crippen LogP contribution >= 0.6 is 0 Å². The maximum absolute atomic E-state index is 11.8. The SMILES string of the molecule is C=CCc1c(CC=C)c(C(=O)O)c(C(=O)O)c(CC=C)c1C(=O)O.O=C(O)c1cccc(C(=O)O)c1. The first kappa shape index (κ1) is 29.0. The van der Waals surface area contributed by atoms with Crippen LogP contribution in [0.15, 0.2) is 62.2 Å². The van der Waals surface area contributed by atoms with Gasteiger partial charge >= 0.3 is 29.8 Å². The summed E-state index contributed by atoms with van der Waals surface area (Å²) in [5, 5.41) is 45.6. The summed E-state index contributed by atoms with van der Waals surface area (Å²) < 4.78 is 0. The zero-order chi connectivity index (χ0) is 27.6. The van der Waals surface area contributed by atoms with Crippen molar-refractivity contribution in [1.29, 1.82) is 0 Å². The largest absolute Gasteiger partial charge is 0.478 e. The molecule has 188 valence electrons. The average molecular weight is 496 g/mol. The number of carboxylic acid groups (broad SMARTS) is 5. The van der Waals surface area contributed by atoms with Gasteiger partial charge in [0.05, 0.1) is 27.8 Å². The van der Waals surface area contributed by atoms with Crippen LogP contribution in [0.4, 0.5) is 0 Å². The van der Waals surface area contributed by atoms with Crippen molar-refractivity contribution < 1.29 is 49.5 Å². The highest BCUT2D eigenvalue weighted by molar-refractivity contribution is 6.08. The van der Waals surface area contributed by atoms with Crippen LogP contribution in [0.3, 0.4) is 0 Å². The summed E-state index contributed by atoms with van der Waals surface area (Å²) in [6.07, 6.45) is 4.22. The maximum atomic E-state index is 11.8. The highest BCUT2D eigenvalue weighted by Gasteiger charge is 2.31. The van der Waals surface area contributed by atoms with E-state index in [9.17, 15) is 39.3 Å². The normalized spacial score (nSPS) is 9.78. The van der Waals surface area contributed by atoms with Crippen molar-refractivity contribution in [2.24, 2.45) is 0 Å². The topological polar surface area (TPSA) is 186 Å². The predicted molar refractivity (Wildman–Crippen MR) is 129 cm³/mol. The molecule has 0 aliphatic heterocycles. The molecule has 0 spiro atoms. The molecule has 5 N–H and O–H groups in total. The Hall–Kier alpha value is -4.99. The van der Waals surface area contributed by atoms with E-state index in [2.05, 4.69) is 19.7 Å². The monoisotopic (exact) mass is 496 g/mol. The Morgan fingerprint density at radius 1 is 0.556 bits per heavy atom. The quantitative estimate of drug-likeness (QED) is 0.284. The van der Waals surface area contributed by atoms with Crippen LogP contribution in [-0.2, 0) is 19.3 Å². The second-order valence-electron chi connectivity index (χ2n) is 7.15. The first-order valence-electron chi connectivity index (χ1n) is 10.2. The molecule has 0 fully saturated rings. The summed E-state index contributed by atoms with van der Waals surface area (Å²) in [4.78, 5) is 55.9. The fraction of sp³-hybridized carbons (Fsp3) is 0.115. The number of aromatic carboxylic acids is 5. The fourth-order valence-electron chi connectivity index (χ4n) is 3.51. The third kappa shape index (κ3) is 6.76. The number of allylic oxidation sites excluding steroid dienone is 3. The molecule has 0 saturated heterocycles. The van der Waals surface area contributed by atoms with Crippen molar-refractivity contribution in [3.8, 4) is 0 Å². The van der Waals surface area contributed by atoms with E-state index in [1.54, 1.807) is 0 Å². The molecule has 36 heavy (non-hydrogen) atoms. The minimum atomic E-state index is -1.50. The minimum Gasteiger partial charge on any atom is -0.478 e. The molecule has 2 rings (SSSR count). The van der Waals surface area contributed by atoms with E-state index in [4.69, 9.17) is 10.2 Å². The van der Waals surface area contributed by atoms with Gasteiger partial charge in [-0.2, -0.15) is 0 Å². The smallest absolute Gasteiger partial charge is 0.336 e. The number of carboxylic acids is 5. The van der Waals surface area contributed by atoms with Crippen molar-refractivity contribution in [3.63, 3.8) is 0 Å². The Morgan fingerprint density at radius 3 is 1.22 bits per heavy atom. The van der Waals surface area contributed by atoms with Crippen molar-refractivity contribution in [2.45, 2.75) is 19.3 Å². The number of hydrogen-bond donors (Lipinski definition) is 5. The van der Waals surface area contributed by atoms with Crippen LogP contribution < -0.4 is 0 Å². The summed E-state index contributed by atoms with van der Waals surface area (Å²) in [7, 11) is 0. The fourth-order valence-corrected chi connectivity index (χ4v) is 3.51. The molecule has 10 heteroatoms. The average Bonchev–Trinajstić information content (AvgIpc) is 2.80. The van der Waals surface area contributed by atoms with Gasteiger partial charge < -0.3 is 25.5 Å². The Morgan fingerprint density at radius 2 is 0.889 bits per heavy atom. The third-order valence-electron chi connectivity index (χ3n) is 4.86. The van der Waals surface area contributed by atoms with Crippen LogP contribution in [0, 0.1) is 0 Å². The van der Waals surface area contributed by atoms with Crippen molar-refractivity contribution in [1.82, 2.24) is 0 Å². The van der Waals surface area contributed by atoms with E-state index in [1.165, 1.54) is 36.4 Å². The maximum Gasteiger partial charge on any atom is 0.336 e. The van der Waals surface area contributed by atoms with Crippen LogP contribution in [0.5, 0.6) is 0 Å². The lowest BCUT2D eigenvalue weighted by Crippen LogP contribution is -2.21. The molecule has 0 heterocycles. The molecule has 0 radical (unpaired) electrons. The molecule has 10 nitrogen and oxygen atoms in total. The molecule has 2 aromatic carbocycles. The Kier molecular flexibility index (Phi) is 10.5. The van der Waals surface area contributed by atoms with Crippen LogP contribution in [0.2, 0.25) is 0 Å². The third-order valence-corrected chi connectivity index (χ3v) is 4.86. The molecule has 0 aliphatic rings. The van der Waals surface area contributed by atoms with Crippen molar-refractivity contribution in [3.05, 3.63) is 107 Å². The Balaban J connectivity index is 0.000000450. The minimum absolute atomic E-state index is 0.0186. The summed E-state index contributed by atoms with van der Waals surface area (Å²) in [6, 6.07) is 5.20. The Labute approximate surface area is 205 Å². The van der Waals surface area contributed by atoms with E-state index < -0.39 is 41.0 Å². The number of carbonyl (C=O) groups is 5. The van der Waals surface area contributed by atoms with Crippen molar-refractivity contribution in [2.75, 3.05) is 0 Å². The van der Waals surface area contributed by atoms with Gasteiger partial charge in [-0.3, -0.25) is 0 Å². The molecule has 0 aromatic heterocycles. The van der Waals surface area contributed by atoms with E-state index in [0.29, 0.717) is 0 Å². The summed E-state index contributed by atoms with van der Waals surface area (Å²) in [6.45, 7) is 10.6. The molecule has 0 aliphatic carbocycles. The molecule has 0 atom stereocenters. The second-order valence-corrected chi connectivity index (χ2v) is 7.15.